The molecular weight excluding hydrogens is 310 g/mol. The van der Waals surface area contributed by atoms with Crippen LogP contribution in [-0.4, -0.2) is 23.0 Å². The van der Waals surface area contributed by atoms with E-state index in [9.17, 15) is 9.59 Å². The summed E-state index contributed by atoms with van der Waals surface area (Å²) in [5.41, 5.74) is 1.44. The van der Waals surface area contributed by atoms with Crippen LogP contribution in [0.5, 0.6) is 0 Å². The highest BCUT2D eigenvalue weighted by Gasteiger charge is 2.20. The Labute approximate surface area is 120 Å². The van der Waals surface area contributed by atoms with Crippen LogP contribution in [0.25, 0.3) is 0 Å². The molecule has 1 aromatic carbocycles. The number of halogens is 1. The lowest BCUT2D eigenvalue weighted by Gasteiger charge is -2.14. The lowest BCUT2D eigenvalue weighted by atomic mass is 10.1. The van der Waals surface area contributed by atoms with Crippen molar-refractivity contribution in [3.05, 3.63) is 46.5 Å². The minimum Gasteiger partial charge on any atom is -0.480 e. The number of benzene rings is 1. The Morgan fingerprint density at radius 1 is 1.53 bits per heavy atom. The van der Waals surface area contributed by atoms with E-state index < -0.39 is 17.9 Å². The summed E-state index contributed by atoms with van der Waals surface area (Å²) >= 11 is 3.30. The van der Waals surface area contributed by atoms with Crippen LogP contribution in [0.4, 0.5) is 0 Å². The van der Waals surface area contributed by atoms with Gasteiger partial charge in [-0.05, 0) is 53.4 Å². The summed E-state index contributed by atoms with van der Waals surface area (Å²) < 4.78 is 0.651. The van der Waals surface area contributed by atoms with Gasteiger partial charge in [0.05, 0.1) is 5.56 Å². The molecule has 4 nitrogen and oxygen atoms in total. The zero-order chi connectivity index (χ0) is 14.4. The first-order valence-electron chi connectivity index (χ1n) is 5.86. The Bertz CT molecular complexity index is 499. The van der Waals surface area contributed by atoms with Gasteiger partial charge < -0.3 is 10.4 Å². The summed E-state index contributed by atoms with van der Waals surface area (Å²) in [6, 6.07) is 4.38. The van der Waals surface area contributed by atoms with Gasteiger partial charge in [0.2, 0.25) is 0 Å². The van der Waals surface area contributed by atoms with Crippen molar-refractivity contribution in [1.29, 1.82) is 0 Å². The number of carbonyl (C=O) groups is 2. The van der Waals surface area contributed by atoms with Crippen LogP contribution < -0.4 is 5.32 Å². The molecule has 0 aliphatic rings. The summed E-state index contributed by atoms with van der Waals surface area (Å²) in [4.78, 5) is 23.1. The van der Waals surface area contributed by atoms with Crippen molar-refractivity contribution in [2.75, 3.05) is 0 Å². The average molecular weight is 326 g/mol. The molecule has 0 spiro atoms. The van der Waals surface area contributed by atoms with Crippen molar-refractivity contribution in [1.82, 2.24) is 5.32 Å². The second kappa shape index (κ2) is 7.09. The van der Waals surface area contributed by atoms with Gasteiger partial charge in [0, 0.05) is 4.47 Å². The maximum Gasteiger partial charge on any atom is 0.326 e. The van der Waals surface area contributed by atoms with Gasteiger partial charge in [0.1, 0.15) is 6.04 Å². The molecule has 0 heterocycles. The van der Waals surface area contributed by atoms with E-state index in [1.54, 1.807) is 18.2 Å². The van der Waals surface area contributed by atoms with Crippen LogP contribution in [0.1, 0.15) is 28.8 Å². The summed E-state index contributed by atoms with van der Waals surface area (Å²) in [7, 11) is 0. The molecule has 0 aromatic heterocycles. The number of aliphatic carboxylic acids is 1. The van der Waals surface area contributed by atoms with Crippen molar-refractivity contribution in [3.63, 3.8) is 0 Å². The van der Waals surface area contributed by atoms with E-state index in [2.05, 4.69) is 27.8 Å². The molecule has 19 heavy (non-hydrogen) atoms. The van der Waals surface area contributed by atoms with Crippen LogP contribution in [0.15, 0.2) is 35.3 Å². The van der Waals surface area contributed by atoms with Gasteiger partial charge in [-0.25, -0.2) is 4.79 Å². The number of rotatable bonds is 6. The van der Waals surface area contributed by atoms with Crippen LogP contribution in [0.3, 0.4) is 0 Å². The van der Waals surface area contributed by atoms with E-state index in [-0.39, 0.29) is 0 Å². The third-order valence-corrected chi connectivity index (χ3v) is 3.29. The molecule has 102 valence electrons. The normalized spacial score (nSPS) is 11.7. The number of amides is 1. The van der Waals surface area contributed by atoms with E-state index in [4.69, 9.17) is 5.11 Å². The summed E-state index contributed by atoms with van der Waals surface area (Å²) in [5.74, 6) is -1.44. The first kappa shape index (κ1) is 15.4. The largest absolute Gasteiger partial charge is 0.480 e. The standard InChI is InChI=1S/C14H16BrNO3/c1-3-4-5-12(14(18)19)16-13(17)10-7-6-9(2)8-11(10)15/h3,6-8,12H,1,4-5H2,2H3,(H,16,17)(H,18,19). The highest BCUT2D eigenvalue weighted by atomic mass is 79.9. The van der Waals surface area contributed by atoms with Gasteiger partial charge in [-0.2, -0.15) is 0 Å². The quantitative estimate of drug-likeness (QED) is 0.790. The molecule has 0 saturated heterocycles. The Morgan fingerprint density at radius 2 is 2.21 bits per heavy atom. The van der Waals surface area contributed by atoms with Crippen molar-refractivity contribution in [3.8, 4) is 0 Å². The smallest absolute Gasteiger partial charge is 0.326 e. The monoisotopic (exact) mass is 325 g/mol. The third-order valence-electron chi connectivity index (χ3n) is 2.63. The van der Waals surface area contributed by atoms with Crippen molar-refractivity contribution in [2.45, 2.75) is 25.8 Å². The Kier molecular flexibility index (Phi) is 5.76. The van der Waals surface area contributed by atoms with Gasteiger partial charge >= 0.3 is 5.97 Å². The second-order valence-corrected chi connectivity index (χ2v) is 5.07. The molecule has 0 bridgehead atoms. The van der Waals surface area contributed by atoms with E-state index in [0.717, 1.165) is 5.56 Å². The molecule has 0 radical (unpaired) electrons. The molecule has 0 aliphatic carbocycles. The predicted molar refractivity (Wildman–Crippen MR) is 77.2 cm³/mol. The number of hydrogen-bond acceptors (Lipinski definition) is 2. The topological polar surface area (TPSA) is 66.4 Å². The van der Waals surface area contributed by atoms with Crippen LogP contribution in [0, 0.1) is 6.92 Å². The molecule has 1 atom stereocenters. The fourth-order valence-corrected chi connectivity index (χ4v) is 2.26. The fourth-order valence-electron chi connectivity index (χ4n) is 1.58. The van der Waals surface area contributed by atoms with Crippen molar-refractivity contribution < 1.29 is 14.7 Å². The van der Waals surface area contributed by atoms with Crippen LogP contribution in [0.2, 0.25) is 0 Å². The molecule has 0 saturated carbocycles. The van der Waals surface area contributed by atoms with Gasteiger partial charge in [-0.15, -0.1) is 6.58 Å². The average Bonchev–Trinajstić information content (AvgIpc) is 2.33. The second-order valence-electron chi connectivity index (χ2n) is 4.21. The molecule has 0 fully saturated rings. The Hall–Kier alpha value is -1.62. The highest BCUT2D eigenvalue weighted by Crippen LogP contribution is 2.18. The maximum absolute atomic E-state index is 12.0. The first-order valence-corrected chi connectivity index (χ1v) is 6.65. The summed E-state index contributed by atoms with van der Waals surface area (Å²) in [6.45, 7) is 5.45. The lowest BCUT2D eigenvalue weighted by Crippen LogP contribution is -2.40. The van der Waals surface area contributed by atoms with E-state index in [0.29, 0.717) is 22.9 Å². The van der Waals surface area contributed by atoms with Gasteiger partial charge in [0.25, 0.3) is 5.91 Å². The predicted octanol–water partition coefficient (Wildman–Crippen LogP) is 2.91. The fraction of sp³-hybridized carbons (Fsp3) is 0.286. The third kappa shape index (κ3) is 4.52. The first-order chi connectivity index (χ1) is 8.95. The number of aryl methyl sites for hydroxylation is 1. The Morgan fingerprint density at radius 3 is 2.74 bits per heavy atom. The highest BCUT2D eigenvalue weighted by molar-refractivity contribution is 9.10. The molecule has 1 rings (SSSR count). The molecule has 2 N–H and O–H groups in total. The zero-order valence-electron chi connectivity index (χ0n) is 10.6. The van der Waals surface area contributed by atoms with Crippen molar-refractivity contribution in [2.24, 2.45) is 0 Å². The van der Waals surface area contributed by atoms with Crippen LogP contribution >= 0.6 is 15.9 Å². The SMILES string of the molecule is C=CCCC(NC(=O)c1ccc(C)cc1Br)C(=O)O. The number of carbonyl (C=O) groups excluding carboxylic acids is 1. The van der Waals surface area contributed by atoms with E-state index in [1.165, 1.54) is 0 Å². The summed E-state index contributed by atoms with van der Waals surface area (Å²) in [6.07, 6.45) is 2.49. The zero-order valence-corrected chi connectivity index (χ0v) is 12.2. The number of allylic oxidation sites excluding steroid dienone is 1. The molecule has 0 aliphatic heterocycles. The lowest BCUT2D eigenvalue weighted by molar-refractivity contribution is -0.139. The number of nitrogens with one attached hydrogen (secondary N) is 1. The number of carboxylic acids is 1. The van der Waals surface area contributed by atoms with Crippen molar-refractivity contribution >= 4 is 27.8 Å². The minimum absolute atomic E-state index is 0.327. The molecule has 5 heteroatoms. The van der Waals surface area contributed by atoms with Gasteiger partial charge in [-0.3, -0.25) is 4.79 Å². The number of carboxylic acid groups (broad SMARTS) is 1. The number of hydrogen-bond donors (Lipinski definition) is 2. The Balaban J connectivity index is 2.81. The van der Waals surface area contributed by atoms with E-state index in [1.807, 2.05) is 13.0 Å². The maximum atomic E-state index is 12.0. The molecule has 1 aromatic rings. The van der Waals surface area contributed by atoms with Gasteiger partial charge in [0.15, 0.2) is 0 Å². The van der Waals surface area contributed by atoms with E-state index >= 15 is 0 Å². The van der Waals surface area contributed by atoms with Gasteiger partial charge in [-0.1, -0.05) is 12.1 Å². The van der Waals surface area contributed by atoms with Crippen LogP contribution in [-0.2, 0) is 4.79 Å². The minimum atomic E-state index is -1.04. The molecule has 1 amide bonds. The molecule has 1 unspecified atom stereocenters. The molecular formula is C14H16BrNO3. The summed E-state index contributed by atoms with van der Waals surface area (Å²) in [5, 5.41) is 11.6.